The number of alkyl halides is 6. The molecule has 0 spiro atoms. The third-order valence-corrected chi connectivity index (χ3v) is 1.18. The summed E-state index contributed by atoms with van der Waals surface area (Å²) in [5.74, 6) is 0. The van der Waals surface area contributed by atoms with Crippen LogP contribution in [0.5, 0.6) is 0 Å². The van der Waals surface area contributed by atoms with Crippen molar-refractivity contribution in [1.29, 1.82) is 0 Å². The molecular weight excluding hydrogens is 197 g/mol. The lowest BCUT2D eigenvalue weighted by Crippen LogP contribution is -2.47. The molecule has 62 valence electrons. The summed E-state index contributed by atoms with van der Waals surface area (Å²) in [6.45, 7) is 0. The Labute approximate surface area is 64.1 Å². The molecule has 10 heavy (non-hydrogen) atoms. The van der Waals surface area contributed by atoms with Crippen molar-refractivity contribution in [2.45, 2.75) is 16.8 Å². The summed E-state index contributed by atoms with van der Waals surface area (Å²) in [4.78, 5) is 0. The highest BCUT2D eigenvalue weighted by atomic mass is 35.5. The Bertz CT molecular complexity index is 103. The van der Waals surface area contributed by atoms with Crippen LogP contribution in [0.25, 0.3) is 0 Å². The Morgan fingerprint density at radius 1 is 1.00 bits per heavy atom. The maximum Gasteiger partial charge on any atom is 0.343 e. The lowest BCUT2D eigenvalue weighted by Gasteiger charge is -2.20. The molecule has 7 heteroatoms. The van der Waals surface area contributed by atoms with Crippen LogP contribution in [-0.2, 0) is 0 Å². The van der Waals surface area contributed by atoms with E-state index < -0.39 is 16.8 Å². The third kappa shape index (κ3) is 2.90. The van der Waals surface area contributed by atoms with Crippen LogP contribution >= 0.6 is 23.2 Å². The highest BCUT2D eigenvalue weighted by Crippen LogP contribution is 2.34. The molecule has 0 radical (unpaired) electrons. The largest absolute Gasteiger partial charge is 0.343 e. The molecule has 0 saturated carbocycles. The quantitative estimate of drug-likeness (QED) is 0.535. The van der Waals surface area contributed by atoms with E-state index in [0.717, 1.165) is 0 Å². The van der Waals surface area contributed by atoms with Crippen LogP contribution < -0.4 is 5.73 Å². The van der Waals surface area contributed by atoms with Gasteiger partial charge in [-0.05, 0) is 23.2 Å². The number of halogens is 6. The summed E-state index contributed by atoms with van der Waals surface area (Å²) in [6, 6.07) is -2.87. The summed E-state index contributed by atoms with van der Waals surface area (Å²) in [5, 5.41) is -8.38. The van der Waals surface area contributed by atoms with Crippen LogP contribution in [0.2, 0.25) is 0 Å². The maximum atomic E-state index is 11.7. The molecule has 1 nitrogen and oxygen atoms in total. The van der Waals surface area contributed by atoms with E-state index >= 15 is 0 Å². The van der Waals surface area contributed by atoms with Crippen molar-refractivity contribution in [1.82, 2.24) is 0 Å². The third-order valence-electron chi connectivity index (χ3n) is 0.705. The summed E-state index contributed by atoms with van der Waals surface area (Å²) in [6.07, 6.45) is 0. The lowest BCUT2D eigenvalue weighted by molar-refractivity contribution is -0.0371. The van der Waals surface area contributed by atoms with Gasteiger partial charge in [0.25, 0.3) is 0 Å². The van der Waals surface area contributed by atoms with Gasteiger partial charge in [0.1, 0.15) is 0 Å². The molecule has 0 amide bonds. The Hall–Kier alpha value is 0.260. The maximum absolute atomic E-state index is 11.7. The molecule has 0 atom stereocenters. The number of rotatable bonds is 2. The number of nitrogens with two attached hydrogens (primary N) is 1. The fourth-order valence-electron chi connectivity index (χ4n) is 0.186. The van der Waals surface area contributed by atoms with Crippen LogP contribution in [0.15, 0.2) is 0 Å². The van der Waals surface area contributed by atoms with Crippen molar-refractivity contribution in [3.05, 3.63) is 0 Å². The van der Waals surface area contributed by atoms with Crippen molar-refractivity contribution >= 4 is 23.2 Å². The number of hydrogen-bond donors (Lipinski definition) is 1. The van der Waals surface area contributed by atoms with Gasteiger partial charge in [0, 0.05) is 0 Å². The van der Waals surface area contributed by atoms with Crippen molar-refractivity contribution in [3.8, 4) is 0 Å². The van der Waals surface area contributed by atoms with Gasteiger partial charge in [0.2, 0.25) is 0 Å². The average Bonchev–Trinajstić information content (AvgIpc) is 1.59. The van der Waals surface area contributed by atoms with E-state index in [1.807, 2.05) is 0 Å². The first-order chi connectivity index (χ1) is 4.15. The monoisotopic (exact) mass is 199 g/mol. The van der Waals surface area contributed by atoms with E-state index in [2.05, 4.69) is 28.9 Å². The second-order valence-electron chi connectivity index (χ2n) is 1.56. The molecule has 0 aliphatic carbocycles. The first-order valence-electron chi connectivity index (χ1n) is 2.04. The minimum atomic E-state index is -4.19. The average molecular weight is 200 g/mol. The summed E-state index contributed by atoms with van der Waals surface area (Å²) >= 11 is 8.29. The summed E-state index contributed by atoms with van der Waals surface area (Å²) in [7, 11) is 0. The van der Waals surface area contributed by atoms with E-state index in [1.54, 1.807) is 0 Å². The zero-order valence-corrected chi connectivity index (χ0v) is 5.93. The molecular formula is C3H3Cl2F4N. The molecule has 0 aromatic carbocycles. The standard InChI is InChI=1S/C3H3Cl2F4N/c4-2(6,7)1(10)3(5,8)9/h1H,10H2. The van der Waals surface area contributed by atoms with Gasteiger partial charge in [0.15, 0.2) is 6.04 Å². The molecule has 0 unspecified atom stereocenters. The van der Waals surface area contributed by atoms with E-state index in [1.165, 1.54) is 0 Å². The van der Waals surface area contributed by atoms with Crippen LogP contribution in [-0.4, -0.2) is 16.8 Å². The first kappa shape index (κ1) is 10.3. The normalized spacial score (nSPS) is 14.4. The van der Waals surface area contributed by atoms with Crippen LogP contribution in [0, 0.1) is 0 Å². The Balaban J connectivity index is 4.23. The van der Waals surface area contributed by atoms with Gasteiger partial charge in [0.05, 0.1) is 0 Å². The van der Waals surface area contributed by atoms with E-state index in [4.69, 9.17) is 0 Å². The molecule has 0 aliphatic heterocycles. The van der Waals surface area contributed by atoms with Crippen molar-refractivity contribution in [2.24, 2.45) is 5.73 Å². The van der Waals surface area contributed by atoms with Crippen LogP contribution in [0.1, 0.15) is 0 Å². The van der Waals surface area contributed by atoms with Gasteiger partial charge in [-0.25, -0.2) is 0 Å². The lowest BCUT2D eigenvalue weighted by atomic mass is 10.3. The summed E-state index contributed by atoms with van der Waals surface area (Å²) in [5.41, 5.74) is 4.26. The highest BCUT2D eigenvalue weighted by Gasteiger charge is 2.50. The molecule has 0 saturated heterocycles. The smallest absolute Gasteiger partial charge is 0.315 e. The van der Waals surface area contributed by atoms with Gasteiger partial charge < -0.3 is 5.73 Å². The Morgan fingerprint density at radius 3 is 1.20 bits per heavy atom. The van der Waals surface area contributed by atoms with Gasteiger partial charge in [-0.1, -0.05) is 0 Å². The second-order valence-corrected chi connectivity index (χ2v) is 2.57. The van der Waals surface area contributed by atoms with Crippen LogP contribution in [0.4, 0.5) is 17.6 Å². The molecule has 2 N–H and O–H groups in total. The van der Waals surface area contributed by atoms with Gasteiger partial charge >= 0.3 is 10.8 Å². The van der Waals surface area contributed by atoms with E-state index in [-0.39, 0.29) is 0 Å². The van der Waals surface area contributed by atoms with Crippen LogP contribution in [0.3, 0.4) is 0 Å². The first-order valence-corrected chi connectivity index (χ1v) is 2.80. The molecule has 0 aromatic rings. The molecule has 0 bridgehead atoms. The fourth-order valence-corrected chi connectivity index (χ4v) is 0.515. The Kier molecular flexibility index (Phi) is 2.78. The number of hydrogen-bond acceptors (Lipinski definition) is 1. The van der Waals surface area contributed by atoms with Crippen molar-refractivity contribution in [2.75, 3.05) is 0 Å². The minimum Gasteiger partial charge on any atom is -0.315 e. The topological polar surface area (TPSA) is 26.0 Å². The van der Waals surface area contributed by atoms with Gasteiger partial charge in [-0.3, -0.25) is 0 Å². The minimum absolute atomic E-state index is 2.87. The summed E-state index contributed by atoms with van der Waals surface area (Å²) < 4.78 is 46.8. The molecule has 0 heterocycles. The SMILES string of the molecule is NC(C(F)(F)Cl)C(F)(F)Cl. The molecule has 0 aliphatic rings. The fraction of sp³-hybridized carbons (Fsp3) is 1.00. The predicted octanol–water partition coefficient (Wildman–Crippen LogP) is 1.98. The molecule has 0 fully saturated rings. The Morgan fingerprint density at radius 2 is 1.20 bits per heavy atom. The predicted molar refractivity (Wildman–Crippen MR) is 29.6 cm³/mol. The van der Waals surface area contributed by atoms with E-state index in [0.29, 0.717) is 0 Å². The van der Waals surface area contributed by atoms with Crippen molar-refractivity contribution < 1.29 is 17.6 Å². The molecule has 0 rings (SSSR count). The van der Waals surface area contributed by atoms with Crippen molar-refractivity contribution in [3.63, 3.8) is 0 Å². The zero-order valence-electron chi connectivity index (χ0n) is 4.42. The van der Waals surface area contributed by atoms with Gasteiger partial charge in [-0.2, -0.15) is 17.6 Å². The zero-order chi connectivity index (χ0) is 8.58. The second kappa shape index (κ2) is 2.71. The van der Waals surface area contributed by atoms with E-state index in [9.17, 15) is 17.6 Å². The molecule has 0 aromatic heterocycles. The van der Waals surface area contributed by atoms with Gasteiger partial charge in [-0.15, -0.1) is 0 Å². The highest BCUT2D eigenvalue weighted by molar-refractivity contribution is 6.25.